The van der Waals surface area contributed by atoms with Crippen LogP contribution in [0.3, 0.4) is 0 Å². The predicted molar refractivity (Wildman–Crippen MR) is 53.6 cm³/mol. The van der Waals surface area contributed by atoms with Crippen LogP contribution in [0.5, 0.6) is 0 Å². The van der Waals surface area contributed by atoms with Crippen molar-refractivity contribution in [2.24, 2.45) is 17.2 Å². The lowest BCUT2D eigenvalue weighted by atomic mass is 10.1. The topological polar surface area (TPSA) is 154 Å². The molecule has 7 N–H and O–H groups in total. The van der Waals surface area contributed by atoms with Gasteiger partial charge in [0.05, 0.1) is 12.6 Å². The Morgan fingerprint density at radius 3 is 2.69 bits per heavy atom. The summed E-state index contributed by atoms with van der Waals surface area (Å²) in [5.74, 6) is -0.674. The Bertz CT molecular complexity index is 402. The lowest BCUT2D eigenvalue weighted by molar-refractivity contribution is -0.114. The molecule has 0 radical (unpaired) electrons. The van der Waals surface area contributed by atoms with Crippen molar-refractivity contribution in [1.29, 1.82) is 0 Å². The smallest absolute Gasteiger partial charge is 0.248 e. The molecule has 0 aliphatic heterocycles. The molecule has 0 spiro atoms. The van der Waals surface area contributed by atoms with Crippen LogP contribution in [-0.4, -0.2) is 27.8 Å². The minimum absolute atomic E-state index is 0.0253. The summed E-state index contributed by atoms with van der Waals surface area (Å²) in [4.78, 5) is 14.6. The van der Waals surface area contributed by atoms with Crippen molar-refractivity contribution in [3.05, 3.63) is 23.9 Å². The molecule has 0 fully saturated rings. The van der Waals surface area contributed by atoms with E-state index in [1.807, 2.05) is 0 Å². The van der Waals surface area contributed by atoms with E-state index in [1.54, 1.807) is 0 Å². The highest BCUT2D eigenvalue weighted by molar-refractivity contribution is 5.92. The summed E-state index contributed by atoms with van der Waals surface area (Å²) < 4.78 is 4.77. The van der Waals surface area contributed by atoms with E-state index >= 15 is 0 Å². The van der Waals surface area contributed by atoms with Gasteiger partial charge >= 0.3 is 0 Å². The number of nitrogens with zero attached hydrogens (tertiary/aromatic N) is 2. The van der Waals surface area contributed by atoms with Gasteiger partial charge in [-0.3, -0.25) is 4.79 Å². The van der Waals surface area contributed by atoms with Gasteiger partial charge < -0.3 is 26.8 Å². The minimum Gasteiger partial charge on any atom is -0.394 e. The van der Waals surface area contributed by atoms with Crippen LogP contribution in [0, 0.1) is 0 Å². The zero-order valence-electron chi connectivity index (χ0n) is 8.46. The molecule has 0 aliphatic carbocycles. The van der Waals surface area contributed by atoms with E-state index in [-0.39, 0.29) is 23.9 Å². The Kier molecular flexibility index (Phi) is 3.72. The highest BCUT2D eigenvalue weighted by atomic mass is 16.5. The Hall–Kier alpha value is -1.77. The average Bonchev–Trinajstić information content (AvgIpc) is 2.75. The molecule has 2 unspecified atom stereocenters. The summed E-state index contributed by atoms with van der Waals surface area (Å²) in [6.45, 7) is 3.07. The van der Waals surface area contributed by atoms with Crippen LogP contribution in [0.1, 0.15) is 23.8 Å². The summed E-state index contributed by atoms with van der Waals surface area (Å²) in [6, 6.07) is -1.73. The number of rotatable bonds is 5. The predicted octanol–water partition coefficient (Wildman–Crippen LogP) is -1.90. The van der Waals surface area contributed by atoms with E-state index in [0.717, 1.165) is 0 Å². The van der Waals surface area contributed by atoms with E-state index in [2.05, 4.69) is 16.7 Å². The normalized spacial score (nSPS) is 14.4. The van der Waals surface area contributed by atoms with Gasteiger partial charge in [-0.25, -0.2) is 0 Å². The molecule has 1 amide bonds. The first-order chi connectivity index (χ1) is 7.47. The monoisotopic (exact) mass is 227 g/mol. The van der Waals surface area contributed by atoms with Crippen molar-refractivity contribution in [2.45, 2.75) is 12.1 Å². The molecule has 88 valence electrons. The third kappa shape index (κ3) is 2.42. The SMILES string of the molecule is C=C(C(N)=O)C(N)c1nc(C(N)CO)no1. The Balaban J connectivity index is 2.85. The quantitative estimate of drug-likeness (QED) is 0.428. The fraction of sp³-hybridized carbons (Fsp3) is 0.375. The molecule has 1 aromatic rings. The molecule has 0 aromatic carbocycles. The number of aliphatic hydroxyl groups is 1. The second kappa shape index (κ2) is 4.84. The van der Waals surface area contributed by atoms with Crippen LogP contribution >= 0.6 is 0 Å². The van der Waals surface area contributed by atoms with E-state index in [0.29, 0.717) is 0 Å². The van der Waals surface area contributed by atoms with Gasteiger partial charge in [0.25, 0.3) is 0 Å². The highest BCUT2D eigenvalue weighted by Crippen LogP contribution is 2.16. The van der Waals surface area contributed by atoms with Crippen LogP contribution < -0.4 is 17.2 Å². The van der Waals surface area contributed by atoms with E-state index < -0.39 is 18.0 Å². The molecule has 1 rings (SSSR count). The van der Waals surface area contributed by atoms with Gasteiger partial charge in [0, 0.05) is 5.57 Å². The van der Waals surface area contributed by atoms with Crippen molar-refractivity contribution < 1.29 is 14.4 Å². The lowest BCUT2D eigenvalue weighted by Gasteiger charge is -2.05. The van der Waals surface area contributed by atoms with E-state index in [9.17, 15) is 4.79 Å². The fourth-order valence-electron chi connectivity index (χ4n) is 0.908. The molecule has 8 heteroatoms. The van der Waals surface area contributed by atoms with Gasteiger partial charge in [-0.2, -0.15) is 4.98 Å². The minimum atomic E-state index is -0.968. The largest absolute Gasteiger partial charge is 0.394 e. The molecule has 0 saturated carbocycles. The summed E-state index contributed by atoms with van der Waals surface area (Å²) in [7, 11) is 0. The van der Waals surface area contributed by atoms with Gasteiger partial charge in [-0.1, -0.05) is 11.7 Å². The maximum atomic E-state index is 10.8. The third-order valence-corrected chi connectivity index (χ3v) is 1.94. The lowest BCUT2D eigenvalue weighted by Crippen LogP contribution is -2.24. The first-order valence-corrected chi connectivity index (χ1v) is 4.41. The van der Waals surface area contributed by atoms with Crippen molar-refractivity contribution in [1.82, 2.24) is 10.1 Å². The van der Waals surface area contributed by atoms with Crippen molar-refractivity contribution in [3.63, 3.8) is 0 Å². The van der Waals surface area contributed by atoms with Crippen LogP contribution in [0.2, 0.25) is 0 Å². The Morgan fingerprint density at radius 1 is 1.56 bits per heavy atom. The number of carbonyl (C=O) groups excluding carboxylic acids is 1. The molecular formula is C8H13N5O3. The van der Waals surface area contributed by atoms with Crippen molar-refractivity contribution in [3.8, 4) is 0 Å². The number of aromatic nitrogens is 2. The molecule has 8 nitrogen and oxygen atoms in total. The second-order valence-corrected chi connectivity index (χ2v) is 3.15. The second-order valence-electron chi connectivity index (χ2n) is 3.15. The summed E-state index contributed by atoms with van der Waals surface area (Å²) in [5.41, 5.74) is 16.0. The number of nitrogens with two attached hydrogens (primary N) is 3. The Labute approximate surface area is 91.1 Å². The number of aliphatic hydroxyl groups excluding tert-OH is 1. The molecule has 0 bridgehead atoms. The first kappa shape index (κ1) is 12.3. The van der Waals surface area contributed by atoms with E-state index in [1.165, 1.54) is 0 Å². The zero-order chi connectivity index (χ0) is 12.3. The first-order valence-electron chi connectivity index (χ1n) is 4.41. The standard InChI is InChI=1S/C8H13N5O3/c1-3(6(11)15)5(10)8-12-7(13-16-8)4(9)2-14/h4-5,14H,1-2,9-10H2,(H2,11,15). The van der Waals surface area contributed by atoms with Crippen molar-refractivity contribution in [2.75, 3.05) is 6.61 Å². The number of hydrogen-bond acceptors (Lipinski definition) is 7. The van der Waals surface area contributed by atoms with E-state index in [4.69, 9.17) is 26.8 Å². The van der Waals surface area contributed by atoms with Gasteiger partial charge in [-0.15, -0.1) is 0 Å². The summed E-state index contributed by atoms with van der Waals surface area (Å²) in [6.07, 6.45) is 0. The van der Waals surface area contributed by atoms with Crippen LogP contribution in [-0.2, 0) is 4.79 Å². The maximum absolute atomic E-state index is 10.8. The Morgan fingerprint density at radius 2 is 2.19 bits per heavy atom. The van der Waals surface area contributed by atoms with Crippen molar-refractivity contribution >= 4 is 5.91 Å². The van der Waals surface area contributed by atoms with Gasteiger partial charge in [0.15, 0.2) is 5.82 Å². The van der Waals surface area contributed by atoms with Gasteiger partial charge in [0.1, 0.15) is 6.04 Å². The summed E-state index contributed by atoms with van der Waals surface area (Å²) >= 11 is 0. The van der Waals surface area contributed by atoms with Crippen LogP contribution in [0.4, 0.5) is 0 Å². The molecule has 1 aromatic heterocycles. The number of amides is 1. The highest BCUT2D eigenvalue weighted by Gasteiger charge is 2.22. The molecular weight excluding hydrogens is 214 g/mol. The zero-order valence-corrected chi connectivity index (χ0v) is 8.46. The van der Waals surface area contributed by atoms with Gasteiger partial charge in [0.2, 0.25) is 11.8 Å². The average molecular weight is 227 g/mol. The van der Waals surface area contributed by atoms with Gasteiger partial charge in [-0.05, 0) is 0 Å². The summed E-state index contributed by atoms with van der Waals surface area (Å²) in [5, 5.41) is 12.3. The number of hydrogen-bond donors (Lipinski definition) is 4. The molecule has 0 aliphatic rings. The number of carbonyl (C=O) groups is 1. The fourth-order valence-corrected chi connectivity index (χ4v) is 0.908. The third-order valence-electron chi connectivity index (χ3n) is 1.94. The molecule has 1 heterocycles. The number of primary amides is 1. The maximum Gasteiger partial charge on any atom is 0.248 e. The molecule has 0 saturated heterocycles. The molecule has 2 atom stereocenters. The van der Waals surface area contributed by atoms with Crippen LogP contribution in [0.15, 0.2) is 16.7 Å². The van der Waals surface area contributed by atoms with Crippen LogP contribution in [0.25, 0.3) is 0 Å². The molecule has 16 heavy (non-hydrogen) atoms.